The summed E-state index contributed by atoms with van der Waals surface area (Å²) in [7, 11) is 0. The van der Waals surface area contributed by atoms with E-state index in [1.54, 1.807) is 12.1 Å². The molecule has 0 aliphatic heterocycles. The molecular weight excluding hydrogens is 259 g/mol. The molecule has 0 bridgehead atoms. The van der Waals surface area contributed by atoms with Gasteiger partial charge in [-0.3, -0.25) is 10.1 Å². The summed E-state index contributed by atoms with van der Waals surface area (Å²) in [6.45, 7) is 0. The normalized spacial score (nSPS) is 10.1. The Morgan fingerprint density at radius 2 is 1.89 bits per heavy atom. The lowest BCUT2D eigenvalue weighted by atomic mass is 10.2. The van der Waals surface area contributed by atoms with Crippen LogP contribution in [0.4, 0.5) is 21.5 Å². The minimum absolute atomic E-state index is 0.00886. The van der Waals surface area contributed by atoms with E-state index in [-0.39, 0.29) is 10.7 Å². The van der Waals surface area contributed by atoms with Crippen molar-refractivity contribution in [3.05, 3.63) is 63.4 Å². The molecule has 92 valence electrons. The highest BCUT2D eigenvalue weighted by Crippen LogP contribution is 2.24. The summed E-state index contributed by atoms with van der Waals surface area (Å²) in [5.74, 6) is -0.513. The Bertz CT molecular complexity index is 604. The Morgan fingerprint density at radius 3 is 2.56 bits per heavy atom. The molecule has 0 aliphatic rings. The van der Waals surface area contributed by atoms with Crippen LogP contribution in [-0.2, 0) is 0 Å². The topological polar surface area (TPSA) is 55.2 Å². The van der Waals surface area contributed by atoms with Gasteiger partial charge in [0, 0.05) is 23.5 Å². The predicted molar refractivity (Wildman–Crippen MR) is 67.8 cm³/mol. The highest BCUT2D eigenvalue weighted by Gasteiger charge is 2.06. The predicted octanol–water partition coefficient (Wildman–Crippen LogP) is 4.13. The molecule has 18 heavy (non-hydrogen) atoms. The lowest BCUT2D eigenvalue weighted by Gasteiger charge is -2.06. The number of benzene rings is 2. The fourth-order valence-corrected chi connectivity index (χ4v) is 1.62. The van der Waals surface area contributed by atoms with Crippen molar-refractivity contribution in [1.82, 2.24) is 0 Å². The molecular formula is C12H8ClFN2O2. The molecule has 0 amide bonds. The van der Waals surface area contributed by atoms with Gasteiger partial charge < -0.3 is 5.32 Å². The number of halogens is 2. The third kappa shape index (κ3) is 2.75. The van der Waals surface area contributed by atoms with Crippen LogP contribution in [0.25, 0.3) is 0 Å². The molecule has 2 aromatic rings. The van der Waals surface area contributed by atoms with Crippen LogP contribution in [0.1, 0.15) is 0 Å². The molecule has 4 nitrogen and oxygen atoms in total. The van der Waals surface area contributed by atoms with Gasteiger partial charge in [0.05, 0.1) is 9.95 Å². The number of nitro groups is 1. The van der Waals surface area contributed by atoms with E-state index in [1.807, 2.05) is 0 Å². The molecule has 2 aromatic carbocycles. The second kappa shape index (κ2) is 5.01. The number of non-ortho nitro benzene ring substituents is 1. The maximum atomic E-state index is 13.0. The number of nitrogens with zero attached hydrogens (tertiary/aromatic N) is 1. The Kier molecular flexibility index (Phi) is 3.43. The average molecular weight is 267 g/mol. The van der Waals surface area contributed by atoms with Crippen LogP contribution in [0.5, 0.6) is 0 Å². The summed E-state index contributed by atoms with van der Waals surface area (Å²) in [6.07, 6.45) is 0. The molecule has 0 spiro atoms. The number of hydrogen-bond donors (Lipinski definition) is 1. The van der Waals surface area contributed by atoms with Gasteiger partial charge in [-0.05, 0) is 24.3 Å². The summed E-state index contributed by atoms with van der Waals surface area (Å²) < 4.78 is 13.0. The van der Waals surface area contributed by atoms with Crippen molar-refractivity contribution in [3.63, 3.8) is 0 Å². The number of hydrogen-bond acceptors (Lipinski definition) is 3. The Hall–Kier alpha value is -2.14. The van der Waals surface area contributed by atoms with Crippen molar-refractivity contribution in [3.8, 4) is 0 Å². The Labute approximate surface area is 107 Å². The molecule has 0 atom stereocenters. The fraction of sp³-hybridized carbons (Fsp3) is 0. The SMILES string of the molecule is O=[N+]([O-])c1cccc(Nc2ccc(F)c(Cl)c2)c1. The lowest BCUT2D eigenvalue weighted by molar-refractivity contribution is -0.384. The maximum absolute atomic E-state index is 13.0. The first-order valence-electron chi connectivity index (χ1n) is 5.03. The highest BCUT2D eigenvalue weighted by atomic mass is 35.5. The highest BCUT2D eigenvalue weighted by molar-refractivity contribution is 6.31. The molecule has 0 aromatic heterocycles. The van der Waals surface area contributed by atoms with Gasteiger partial charge in [-0.1, -0.05) is 17.7 Å². The number of nitrogens with one attached hydrogen (secondary N) is 1. The summed E-state index contributed by atoms with van der Waals surface area (Å²) in [5.41, 5.74) is 1.07. The van der Waals surface area contributed by atoms with Crippen LogP contribution >= 0.6 is 11.6 Å². The molecule has 0 unspecified atom stereocenters. The van der Waals surface area contributed by atoms with E-state index in [0.29, 0.717) is 11.4 Å². The van der Waals surface area contributed by atoms with Crippen molar-refractivity contribution in [2.45, 2.75) is 0 Å². The van der Waals surface area contributed by atoms with E-state index in [4.69, 9.17) is 11.6 Å². The van der Waals surface area contributed by atoms with Crippen LogP contribution < -0.4 is 5.32 Å². The largest absolute Gasteiger partial charge is 0.355 e. The zero-order valence-corrected chi connectivity index (χ0v) is 9.82. The molecule has 0 fully saturated rings. The molecule has 0 radical (unpaired) electrons. The zero-order chi connectivity index (χ0) is 13.1. The van der Waals surface area contributed by atoms with Crippen LogP contribution in [0.3, 0.4) is 0 Å². The van der Waals surface area contributed by atoms with E-state index in [2.05, 4.69) is 5.32 Å². The van der Waals surface area contributed by atoms with Gasteiger partial charge in [0.2, 0.25) is 0 Å². The van der Waals surface area contributed by atoms with Gasteiger partial charge in [0.15, 0.2) is 0 Å². The quantitative estimate of drug-likeness (QED) is 0.671. The van der Waals surface area contributed by atoms with E-state index in [0.717, 1.165) is 0 Å². The van der Waals surface area contributed by atoms with Crippen LogP contribution in [-0.4, -0.2) is 4.92 Å². The standard InChI is InChI=1S/C12H8ClFN2O2/c13-11-7-9(4-5-12(11)14)15-8-2-1-3-10(6-8)16(17)18/h1-7,15H. The Balaban J connectivity index is 2.25. The van der Waals surface area contributed by atoms with Crippen molar-refractivity contribution in [2.75, 3.05) is 5.32 Å². The van der Waals surface area contributed by atoms with Crippen LogP contribution in [0, 0.1) is 15.9 Å². The summed E-state index contributed by atoms with van der Waals surface area (Å²) in [4.78, 5) is 10.1. The van der Waals surface area contributed by atoms with E-state index in [9.17, 15) is 14.5 Å². The van der Waals surface area contributed by atoms with Crippen molar-refractivity contribution in [2.24, 2.45) is 0 Å². The van der Waals surface area contributed by atoms with Gasteiger partial charge in [0.1, 0.15) is 5.82 Å². The monoisotopic (exact) mass is 266 g/mol. The zero-order valence-electron chi connectivity index (χ0n) is 9.06. The minimum atomic E-state index is -0.513. The molecule has 1 N–H and O–H groups in total. The van der Waals surface area contributed by atoms with Gasteiger partial charge in [-0.25, -0.2) is 4.39 Å². The van der Waals surface area contributed by atoms with Gasteiger partial charge in [-0.15, -0.1) is 0 Å². The minimum Gasteiger partial charge on any atom is -0.355 e. The molecule has 0 saturated heterocycles. The van der Waals surface area contributed by atoms with Crippen molar-refractivity contribution < 1.29 is 9.31 Å². The number of rotatable bonds is 3. The van der Waals surface area contributed by atoms with E-state index >= 15 is 0 Å². The fourth-order valence-electron chi connectivity index (χ4n) is 1.44. The third-order valence-electron chi connectivity index (χ3n) is 2.27. The van der Waals surface area contributed by atoms with Crippen LogP contribution in [0.2, 0.25) is 5.02 Å². The first-order valence-corrected chi connectivity index (χ1v) is 5.40. The van der Waals surface area contributed by atoms with Crippen molar-refractivity contribution in [1.29, 1.82) is 0 Å². The maximum Gasteiger partial charge on any atom is 0.271 e. The average Bonchev–Trinajstić information content (AvgIpc) is 2.34. The molecule has 2 rings (SSSR count). The number of nitro benzene ring substituents is 1. The summed E-state index contributed by atoms with van der Waals surface area (Å²) in [5, 5.41) is 13.5. The van der Waals surface area contributed by atoms with Crippen molar-refractivity contribution >= 4 is 28.7 Å². The summed E-state index contributed by atoms with van der Waals surface area (Å²) >= 11 is 5.64. The smallest absolute Gasteiger partial charge is 0.271 e. The Morgan fingerprint density at radius 1 is 1.17 bits per heavy atom. The lowest BCUT2D eigenvalue weighted by Crippen LogP contribution is -1.93. The molecule has 0 heterocycles. The number of anilines is 2. The second-order valence-electron chi connectivity index (χ2n) is 3.56. The summed E-state index contributed by atoms with van der Waals surface area (Å²) in [6, 6.07) is 10.1. The molecule has 6 heteroatoms. The first kappa shape index (κ1) is 12.3. The molecule has 0 saturated carbocycles. The molecule has 0 aliphatic carbocycles. The van der Waals surface area contributed by atoms with Gasteiger partial charge in [0.25, 0.3) is 5.69 Å². The van der Waals surface area contributed by atoms with Crippen LogP contribution in [0.15, 0.2) is 42.5 Å². The third-order valence-corrected chi connectivity index (χ3v) is 2.55. The van der Waals surface area contributed by atoms with E-state index in [1.165, 1.54) is 30.3 Å². The second-order valence-corrected chi connectivity index (χ2v) is 3.97. The first-order chi connectivity index (χ1) is 8.56. The van der Waals surface area contributed by atoms with E-state index < -0.39 is 10.7 Å². The van der Waals surface area contributed by atoms with Gasteiger partial charge >= 0.3 is 0 Å². The van der Waals surface area contributed by atoms with Gasteiger partial charge in [-0.2, -0.15) is 0 Å².